The fourth-order valence-corrected chi connectivity index (χ4v) is 3.95. The van der Waals surface area contributed by atoms with Gasteiger partial charge in [0, 0.05) is 22.6 Å². The van der Waals surface area contributed by atoms with Crippen molar-refractivity contribution in [2.24, 2.45) is 5.92 Å². The number of rotatable bonds is 4. The summed E-state index contributed by atoms with van der Waals surface area (Å²) in [5, 5.41) is 13.9. The second-order valence-electron chi connectivity index (χ2n) is 5.53. The molecule has 4 rings (SSSR count). The summed E-state index contributed by atoms with van der Waals surface area (Å²) in [6.45, 7) is 0.169. The van der Waals surface area contributed by atoms with Gasteiger partial charge in [0.05, 0.1) is 6.61 Å². The Morgan fingerprint density at radius 1 is 1.10 bits per heavy atom. The zero-order valence-corrected chi connectivity index (χ0v) is 12.3. The molecule has 0 amide bonds. The molecule has 0 saturated heterocycles. The van der Waals surface area contributed by atoms with E-state index in [1.807, 2.05) is 30.3 Å². The number of hydrogen-bond acceptors (Lipinski definition) is 3. The normalized spacial score (nSPS) is 24.1. The van der Waals surface area contributed by atoms with E-state index in [2.05, 4.69) is 29.6 Å². The predicted molar refractivity (Wildman–Crippen MR) is 85.8 cm³/mol. The Morgan fingerprint density at radius 3 is 2.71 bits per heavy atom. The minimum absolute atomic E-state index is 0.169. The lowest BCUT2D eigenvalue weighted by molar-refractivity contribution is 0.141. The molecule has 0 spiro atoms. The molecule has 2 aromatic carbocycles. The molecule has 2 nitrogen and oxygen atoms in total. The second-order valence-corrected chi connectivity index (χ2v) is 6.48. The van der Waals surface area contributed by atoms with Crippen LogP contribution in [0, 0.1) is 5.92 Å². The zero-order valence-electron chi connectivity index (χ0n) is 11.5. The molecule has 1 aliphatic carbocycles. The van der Waals surface area contributed by atoms with Gasteiger partial charge in [0.25, 0.3) is 0 Å². The van der Waals surface area contributed by atoms with Gasteiger partial charge in [0.15, 0.2) is 0 Å². The van der Waals surface area contributed by atoms with E-state index in [0.29, 0.717) is 0 Å². The van der Waals surface area contributed by atoms with Crippen LogP contribution in [0.3, 0.4) is 0 Å². The van der Waals surface area contributed by atoms with Crippen molar-refractivity contribution >= 4 is 22.1 Å². The first-order valence-electron chi connectivity index (χ1n) is 7.15. The van der Waals surface area contributed by atoms with E-state index >= 15 is 0 Å². The van der Waals surface area contributed by atoms with E-state index in [0.717, 1.165) is 17.6 Å². The first kappa shape index (κ1) is 12.9. The highest BCUT2D eigenvalue weighted by Gasteiger charge is 2.58. The molecule has 1 heterocycles. The largest absolute Gasteiger partial charge is 0.481 e. The van der Waals surface area contributed by atoms with Gasteiger partial charge in [-0.05, 0) is 22.9 Å². The van der Waals surface area contributed by atoms with Crippen LogP contribution in [0.25, 0.3) is 10.8 Å². The molecular formula is C18H16O2S. The van der Waals surface area contributed by atoms with E-state index in [4.69, 9.17) is 4.74 Å². The van der Waals surface area contributed by atoms with Crippen molar-refractivity contribution in [1.82, 2.24) is 0 Å². The smallest absolute Gasteiger partial charge is 0.149 e. The number of hydrogen-bond donors (Lipinski definition) is 1. The molecular weight excluding hydrogens is 280 g/mol. The molecule has 1 aromatic heterocycles. The van der Waals surface area contributed by atoms with Gasteiger partial charge in [0.2, 0.25) is 0 Å². The summed E-state index contributed by atoms with van der Waals surface area (Å²) >= 11 is 1.70. The standard InChI is InChI=1S/C18H16O2S/c19-12-14-11-18(14,17-9-4-10-21-17)20-16-8-3-6-13-5-1-2-7-15(13)16/h1-10,14,19H,11-12H2/t14-,18?/m1/s1. The van der Waals surface area contributed by atoms with Crippen LogP contribution in [-0.2, 0) is 5.60 Å². The van der Waals surface area contributed by atoms with Gasteiger partial charge in [-0.25, -0.2) is 0 Å². The maximum absolute atomic E-state index is 9.56. The van der Waals surface area contributed by atoms with Crippen molar-refractivity contribution in [2.45, 2.75) is 12.0 Å². The van der Waals surface area contributed by atoms with E-state index in [1.54, 1.807) is 11.3 Å². The second kappa shape index (κ2) is 4.86. The minimum atomic E-state index is -0.340. The van der Waals surface area contributed by atoms with Gasteiger partial charge >= 0.3 is 0 Å². The fourth-order valence-electron chi connectivity index (χ4n) is 3.00. The van der Waals surface area contributed by atoms with Crippen molar-refractivity contribution < 1.29 is 9.84 Å². The average molecular weight is 296 g/mol. The lowest BCUT2D eigenvalue weighted by Crippen LogP contribution is -2.19. The molecule has 0 radical (unpaired) electrons. The minimum Gasteiger partial charge on any atom is -0.481 e. The lowest BCUT2D eigenvalue weighted by Gasteiger charge is -2.20. The van der Waals surface area contributed by atoms with Crippen LogP contribution in [0.15, 0.2) is 60.0 Å². The fraction of sp³-hybridized carbons (Fsp3) is 0.222. The van der Waals surface area contributed by atoms with Crippen LogP contribution in [-0.4, -0.2) is 11.7 Å². The van der Waals surface area contributed by atoms with Crippen molar-refractivity contribution in [3.8, 4) is 5.75 Å². The monoisotopic (exact) mass is 296 g/mol. The number of benzene rings is 2. The molecule has 1 fully saturated rings. The summed E-state index contributed by atoms with van der Waals surface area (Å²) in [5.74, 6) is 1.09. The molecule has 1 aliphatic rings. The Hall–Kier alpha value is -1.84. The highest BCUT2D eigenvalue weighted by molar-refractivity contribution is 7.10. The van der Waals surface area contributed by atoms with Gasteiger partial charge in [-0.15, -0.1) is 11.3 Å². The van der Waals surface area contributed by atoms with E-state index in [1.165, 1.54) is 10.3 Å². The van der Waals surface area contributed by atoms with Gasteiger partial charge in [0.1, 0.15) is 11.4 Å². The predicted octanol–water partition coefficient (Wildman–Crippen LogP) is 4.19. The number of thiophene rings is 1. The highest BCUT2D eigenvalue weighted by Crippen LogP contribution is 2.56. The van der Waals surface area contributed by atoms with Gasteiger partial charge < -0.3 is 9.84 Å². The summed E-state index contributed by atoms with van der Waals surface area (Å²) in [4.78, 5) is 1.20. The van der Waals surface area contributed by atoms with Crippen molar-refractivity contribution in [1.29, 1.82) is 0 Å². The van der Waals surface area contributed by atoms with Crippen LogP contribution >= 0.6 is 11.3 Å². The van der Waals surface area contributed by atoms with Gasteiger partial charge in [-0.2, -0.15) is 0 Å². The van der Waals surface area contributed by atoms with E-state index in [-0.39, 0.29) is 18.1 Å². The molecule has 3 aromatic rings. The Labute approximate surface area is 127 Å². The number of aliphatic hydroxyl groups is 1. The first-order valence-corrected chi connectivity index (χ1v) is 8.03. The summed E-state index contributed by atoms with van der Waals surface area (Å²) in [7, 11) is 0. The molecule has 1 N–H and O–H groups in total. The molecule has 0 bridgehead atoms. The maximum Gasteiger partial charge on any atom is 0.149 e. The molecule has 106 valence electrons. The Morgan fingerprint density at radius 2 is 1.95 bits per heavy atom. The summed E-state index contributed by atoms with van der Waals surface area (Å²) < 4.78 is 6.42. The molecule has 1 saturated carbocycles. The topological polar surface area (TPSA) is 29.5 Å². The Bertz CT molecular complexity index is 760. The van der Waals surface area contributed by atoms with E-state index in [9.17, 15) is 5.11 Å². The van der Waals surface area contributed by atoms with Crippen molar-refractivity contribution in [3.05, 3.63) is 64.9 Å². The van der Waals surface area contributed by atoms with Gasteiger partial charge in [-0.1, -0.05) is 42.5 Å². The number of ether oxygens (including phenoxy) is 1. The zero-order chi connectivity index (χ0) is 14.3. The number of aliphatic hydroxyl groups excluding tert-OH is 1. The van der Waals surface area contributed by atoms with Crippen LogP contribution in [0.4, 0.5) is 0 Å². The molecule has 0 aliphatic heterocycles. The van der Waals surface area contributed by atoms with Crippen molar-refractivity contribution in [2.75, 3.05) is 6.61 Å². The van der Waals surface area contributed by atoms with Crippen molar-refractivity contribution in [3.63, 3.8) is 0 Å². The summed E-state index contributed by atoms with van der Waals surface area (Å²) in [6.07, 6.45) is 0.882. The van der Waals surface area contributed by atoms with E-state index < -0.39 is 0 Å². The third-order valence-electron chi connectivity index (χ3n) is 4.25. The van der Waals surface area contributed by atoms with Gasteiger partial charge in [-0.3, -0.25) is 0 Å². The Kier molecular flexibility index (Phi) is 2.98. The van der Waals surface area contributed by atoms with Crippen LogP contribution < -0.4 is 4.74 Å². The average Bonchev–Trinajstić information content (AvgIpc) is 2.97. The third kappa shape index (κ3) is 2.04. The quantitative estimate of drug-likeness (QED) is 0.782. The molecule has 1 unspecified atom stereocenters. The lowest BCUT2D eigenvalue weighted by atomic mass is 10.1. The van der Waals surface area contributed by atoms with Crippen LogP contribution in [0.2, 0.25) is 0 Å². The SMILES string of the molecule is OC[C@H]1CC1(Oc1cccc2ccccc12)c1cccs1. The maximum atomic E-state index is 9.56. The first-order chi connectivity index (χ1) is 10.3. The number of fused-ring (bicyclic) bond motifs is 1. The Balaban J connectivity index is 1.77. The van der Waals surface area contributed by atoms with Crippen LogP contribution in [0.1, 0.15) is 11.3 Å². The third-order valence-corrected chi connectivity index (χ3v) is 5.28. The molecule has 21 heavy (non-hydrogen) atoms. The highest BCUT2D eigenvalue weighted by atomic mass is 32.1. The summed E-state index contributed by atoms with van der Waals surface area (Å²) in [5.41, 5.74) is -0.340. The molecule has 2 atom stereocenters. The van der Waals surface area contributed by atoms with Crippen LogP contribution in [0.5, 0.6) is 5.75 Å². The molecule has 3 heteroatoms. The summed E-state index contributed by atoms with van der Waals surface area (Å²) in [6, 6.07) is 18.5.